The molecule has 0 saturated carbocycles. The molecule has 0 bridgehead atoms. The van der Waals surface area contributed by atoms with Crippen molar-refractivity contribution in [2.24, 2.45) is 0 Å². The van der Waals surface area contributed by atoms with Crippen LogP contribution in [0.3, 0.4) is 0 Å². The highest BCUT2D eigenvalue weighted by molar-refractivity contribution is 7.84. The maximum atomic E-state index is 11.4. The quantitative estimate of drug-likeness (QED) is 0.775. The van der Waals surface area contributed by atoms with Crippen molar-refractivity contribution in [3.05, 3.63) is 34.7 Å². The summed E-state index contributed by atoms with van der Waals surface area (Å²) < 4.78 is 12.6. The van der Waals surface area contributed by atoms with E-state index in [0.717, 1.165) is 0 Å². The summed E-state index contributed by atoms with van der Waals surface area (Å²) in [4.78, 5) is 11.4. The number of hydrogen-bond acceptors (Lipinski definition) is 3. The van der Waals surface area contributed by atoms with Crippen molar-refractivity contribution < 1.29 is 4.21 Å². The van der Waals surface area contributed by atoms with Gasteiger partial charge in [0, 0.05) is 54.2 Å². The van der Waals surface area contributed by atoms with Gasteiger partial charge in [0.05, 0.1) is 0 Å². The Morgan fingerprint density at radius 1 is 1.50 bits per heavy atom. The fourth-order valence-electron chi connectivity index (χ4n) is 1.49. The second kappa shape index (κ2) is 6.60. The van der Waals surface area contributed by atoms with E-state index < -0.39 is 10.8 Å². The molecule has 16 heavy (non-hydrogen) atoms. The smallest absolute Gasteiger partial charge is 0.250 e. The third kappa shape index (κ3) is 4.72. The Balaban J connectivity index is 2.33. The van der Waals surface area contributed by atoms with Gasteiger partial charge in [0.1, 0.15) is 0 Å². The van der Waals surface area contributed by atoms with Gasteiger partial charge in [0.25, 0.3) is 5.56 Å². The molecule has 1 aromatic heterocycles. The van der Waals surface area contributed by atoms with Gasteiger partial charge in [-0.3, -0.25) is 9.00 Å². The Morgan fingerprint density at radius 3 is 2.88 bits per heavy atom. The van der Waals surface area contributed by atoms with Crippen LogP contribution < -0.4 is 10.9 Å². The fraction of sp³-hybridized carbons (Fsp3) is 0.545. The minimum atomic E-state index is -0.779. The van der Waals surface area contributed by atoms with E-state index >= 15 is 0 Å². The molecule has 5 heteroatoms. The van der Waals surface area contributed by atoms with E-state index in [1.807, 2.05) is 13.0 Å². The first-order valence-electron chi connectivity index (χ1n) is 5.28. The second-order valence-electron chi connectivity index (χ2n) is 3.83. The number of nitrogens with zero attached hydrogens (tertiary/aromatic N) is 1. The Bertz CT molecular complexity index is 403. The Labute approximate surface area is 98.1 Å². The molecule has 0 saturated heterocycles. The maximum Gasteiger partial charge on any atom is 0.250 e. The summed E-state index contributed by atoms with van der Waals surface area (Å²) in [6, 6.07) is 5.33. The molecular formula is C11H18N2O2S. The Morgan fingerprint density at radius 2 is 2.25 bits per heavy atom. The van der Waals surface area contributed by atoms with Gasteiger partial charge in [-0.2, -0.15) is 0 Å². The predicted molar refractivity (Wildman–Crippen MR) is 67.1 cm³/mol. The van der Waals surface area contributed by atoms with Crippen LogP contribution >= 0.6 is 0 Å². The summed E-state index contributed by atoms with van der Waals surface area (Å²) >= 11 is 0. The van der Waals surface area contributed by atoms with Gasteiger partial charge in [-0.25, -0.2) is 0 Å². The van der Waals surface area contributed by atoms with Crippen LogP contribution in [0.15, 0.2) is 29.2 Å². The van der Waals surface area contributed by atoms with Crippen molar-refractivity contribution in [2.75, 3.05) is 18.6 Å². The number of nitrogens with one attached hydrogen (secondary N) is 1. The molecule has 0 fully saturated rings. The number of aromatic nitrogens is 1. The van der Waals surface area contributed by atoms with E-state index in [1.165, 1.54) is 0 Å². The van der Waals surface area contributed by atoms with Gasteiger partial charge in [0.15, 0.2) is 0 Å². The van der Waals surface area contributed by atoms with Crippen LogP contribution in [0.4, 0.5) is 0 Å². The zero-order valence-electron chi connectivity index (χ0n) is 9.68. The molecule has 4 nitrogen and oxygen atoms in total. The van der Waals surface area contributed by atoms with Crippen LogP contribution in [-0.4, -0.2) is 33.4 Å². The summed E-state index contributed by atoms with van der Waals surface area (Å²) in [7, 11) is -0.779. The van der Waals surface area contributed by atoms with Crippen LogP contribution in [0.5, 0.6) is 0 Å². The Kier molecular flexibility index (Phi) is 5.42. The average molecular weight is 242 g/mol. The van der Waals surface area contributed by atoms with E-state index in [-0.39, 0.29) is 11.6 Å². The van der Waals surface area contributed by atoms with Crippen molar-refractivity contribution in [3.63, 3.8) is 0 Å². The summed E-state index contributed by atoms with van der Waals surface area (Å²) in [5, 5.41) is 3.24. The van der Waals surface area contributed by atoms with Crippen molar-refractivity contribution in [1.82, 2.24) is 9.88 Å². The monoisotopic (exact) mass is 242 g/mol. The van der Waals surface area contributed by atoms with Crippen molar-refractivity contribution in [1.29, 1.82) is 0 Å². The minimum Gasteiger partial charge on any atom is -0.314 e. The van der Waals surface area contributed by atoms with Crippen molar-refractivity contribution >= 4 is 10.8 Å². The normalized spacial score (nSPS) is 14.6. The molecule has 90 valence electrons. The fourth-order valence-corrected chi connectivity index (χ4v) is 2.31. The number of pyridine rings is 1. The van der Waals surface area contributed by atoms with Crippen molar-refractivity contribution in [3.8, 4) is 0 Å². The highest BCUT2D eigenvalue weighted by Crippen LogP contribution is 1.86. The molecule has 0 spiro atoms. The molecule has 0 radical (unpaired) electrons. The molecule has 2 atom stereocenters. The lowest BCUT2D eigenvalue weighted by Crippen LogP contribution is -2.35. The summed E-state index contributed by atoms with van der Waals surface area (Å²) in [6.45, 7) is 3.35. The first-order valence-corrected chi connectivity index (χ1v) is 7.01. The molecule has 0 amide bonds. The molecule has 0 aliphatic rings. The highest BCUT2D eigenvalue weighted by atomic mass is 32.2. The summed E-state index contributed by atoms with van der Waals surface area (Å²) in [6.07, 6.45) is 3.46. The zero-order chi connectivity index (χ0) is 12.0. The zero-order valence-corrected chi connectivity index (χ0v) is 10.5. The van der Waals surface area contributed by atoms with E-state index in [2.05, 4.69) is 5.32 Å². The first kappa shape index (κ1) is 13.1. The van der Waals surface area contributed by atoms with E-state index in [4.69, 9.17) is 0 Å². The maximum absolute atomic E-state index is 11.4. The van der Waals surface area contributed by atoms with Gasteiger partial charge in [-0.1, -0.05) is 6.07 Å². The van der Waals surface area contributed by atoms with Gasteiger partial charge in [-0.05, 0) is 13.0 Å². The third-order valence-corrected chi connectivity index (χ3v) is 3.20. The minimum absolute atomic E-state index is 0.0102. The third-order valence-electron chi connectivity index (χ3n) is 2.23. The molecule has 0 aliphatic carbocycles. The van der Waals surface area contributed by atoms with E-state index in [1.54, 1.807) is 29.2 Å². The van der Waals surface area contributed by atoms with Crippen molar-refractivity contribution in [2.45, 2.75) is 19.5 Å². The molecular weight excluding hydrogens is 224 g/mol. The molecule has 2 unspecified atom stereocenters. The van der Waals surface area contributed by atoms with Gasteiger partial charge in [-0.15, -0.1) is 0 Å². The number of rotatable bonds is 6. The van der Waals surface area contributed by atoms with Gasteiger partial charge in [0.2, 0.25) is 0 Å². The van der Waals surface area contributed by atoms with E-state index in [9.17, 15) is 9.00 Å². The molecule has 1 aromatic rings. The molecule has 0 aliphatic heterocycles. The lowest BCUT2D eigenvalue weighted by atomic mass is 10.4. The summed E-state index contributed by atoms with van der Waals surface area (Å²) in [5.41, 5.74) is 0.0102. The first-order chi connectivity index (χ1) is 7.59. The second-order valence-corrected chi connectivity index (χ2v) is 5.31. The number of hydrogen-bond donors (Lipinski definition) is 1. The SMILES string of the molecule is CC(CS(C)=O)NCCn1ccccc1=O. The molecule has 1 N–H and O–H groups in total. The summed E-state index contributed by atoms with van der Waals surface area (Å²) in [5.74, 6) is 0.643. The lowest BCUT2D eigenvalue weighted by molar-refractivity contribution is 0.535. The molecule has 0 aromatic carbocycles. The Hall–Kier alpha value is -0.940. The average Bonchev–Trinajstić information content (AvgIpc) is 2.19. The predicted octanol–water partition coefficient (Wildman–Crippen LogP) is 0.205. The van der Waals surface area contributed by atoms with E-state index in [0.29, 0.717) is 18.8 Å². The lowest BCUT2D eigenvalue weighted by Gasteiger charge is -2.12. The van der Waals surface area contributed by atoms with Crippen LogP contribution in [-0.2, 0) is 17.3 Å². The molecule has 1 heterocycles. The van der Waals surface area contributed by atoms with Crippen LogP contribution in [0, 0.1) is 0 Å². The van der Waals surface area contributed by atoms with Crippen LogP contribution in [0.25, 0.3) is 0 Å². The van der Waals surface area contributed by atoms with Gasteiger partial charge >= 0.3 is 0 Å². The molecule has 1 rings (SSSR count). The van der Waals surface area contributed by atoms with Crippen LogP contribution in [0.2, 0.25) is 0 Å². The highest BCUT2D eigenvalue weighted by Gasteiger charge is 2.02. The van der Waals surface area contributed by atoms with Crippen LogP contribution in [0.1, 0.15) is 6.92 Å². The topological polar surface area (TPSA) is 51.1 Å². The largest absolute Gasteiger partial charge is 0.314 e. The van der Waals surface area contributed by atoms with Gasteiger partial charge < -0.3 is 9.88 Å². The standard InChI is InChI=1S/C11H18N2O2S/c1-10(9-16(2)15)12-6-8-13-7-4-3-5-11(13)14/h3-5,7,10,12H,6,8-9H2,1-2H3.